The molecule has 0 unspecified atom stereocenters. The molecular formula is C16H15FO2. The van der Waals surface area contributed by atoms with E-state index >= 15 is 0 Å². The highest BCUT2D eigenvalue weighted by atomic mass is 19.1. The van der Waals surface area contributed by atoms with Gasteiger partial charge in [-0.05, 0) is 49.2 Å². The molecule has 19 heavy (non-hydrogen) atoms. The van der Waals surface area contributed by atoms with Crippen molar-refractivity contribution in [3.8, 4) is 5.75 Å². The van der Waals surface area contributed by atoms with Gasteiger partial charge in [0.15, 0.2) is 5.78 Å². The molecule has 0 fully saturated rings. The van der Waals surface area contributed by atoms with E-state index in [2.05, 4.69) is 0 Å². The quantitative estimate of drug-likeness (QED) is 0.785. The summed E-state index contributed by atoms with van der Waals surface area (Å²) in [5.74, 6) is -0.0793. The Morgan fingerprint density at radius 1 is 1.00 bits per heavy atom. The molecule has 0 saturated carbocycles. The van der Waals surface area contributed by atoms with Gasteiger partial charge in [-0.2, -0.15) is 0 Å². The van der Waals surface area contributed by atoms with Gasteiger partial charge >= 0.3 is 0 Å². The number of hydrogen-bond donors (Lipinski definition) is 0. The molecule has 2 aromatic carbocycles. The molecule has 0 radical (unpaired) electrons. The fourth-order valence-electron chi connectivity index (χ4n) is 2.05. The normalized spacial score (nSPS) is 10.3. The molecule has 0 bridgehead atoms. The molecule has 0 heterocycles. The van der Waals surface area contributed by atoms with Crippen molar-refractivity contribution in [3.63, 3.8) is 0 Å². The molecule has 0 atom stereocenters. The summed E-state index contributed by atoms with van der Waals surface area (Å²) >= 11 is 0. The monoisotopic (exact) mass is 258 g/mol. The zero-order valence-corrected chi connectivity index (χ0v) is 11.2. The van der Waals surface area contributed by atoms with Gasteiger partial charge in [0.1, 0.15) is 11.6 Å². The van der Waals surface area contributed by atoms with Crippen LogP contribution in [0.3, 0.4) is 0 Å². The summed E-state index contributed by atoms with van der Waals surface area (Å²) < 4.78 is 18.9. The summed E-state index contributed by atoms with van der Waals surface area (Å²) in [7, 11) is 1.58. The smallest absolute Gasteiger partial charge is 0.196 e. The van der Waals surface area contributed by atoms with Gasteiger partial charge in [-0.3, -0.25) is 4.79 Å². The molecule has 0 amide bonds. The first-order valence-corrected chi connectivity index (χ1v) is 5.99. The van der Waals surface area contributed by atoms with E-state index in [0.29, 0.717) is 5.56 Å². The highest BCUT2D eigenvalue weighted by Gasteiger charge is 2.17. The SMILES string of the molecule is COc1ccc(C(=O)c2ccccc2F)c(C)c1C. The number of carbonyl (C=O) groups excluding carboxylic acids is 1. The Hall–Kier alpha value is -2.16. The average molecular weight is 258 g/mol. The van der Waals surface area contributed by atoms with Crippen molar-refractivity contribution in [2.75, 3.05) is 7.11 Å². The third-order valence-electron chi connectivity index (χ3n) is 3.32. The lowest BCUT2D eigenvalue weighted by Crippen LogP contribution is -2.07. The maximum atomic E-state index is 13.7. The van der Waals surface area contributed by atoms with Crippen LogP contribution >= 0.6 is 0 Å². The second-order valence-electron chi connectivity index (χ2n) is 4.37. The second kappa shape index (κ2) is 5.22. The van der Waals surface area contributed by atoms with Gasteiger partial charge in [0.05, 0.1) is 12.7 Å². The van der Waals surface area contributed by atoms with E-state index in [1.807, 2.05) is 13.8 Å². The van der Waals surface area contributed by atoms with Crippen molar-refractivity contribution in [1.29, 1.82) is 0 Å². The summed E-state index contributed by atoms with van der Waals surface area (Å²) in [6, 6.07) is 9.42. The van der Waals surface area contributed by atoms with Gasteiger partial charge < -0.3 is 4.74 Å². The number of ether oxygens (including phenoxy) is 1. The Kier molecular flexibility index (Phi) is 3.65. The molecule has 0 aliphatic carbocycles. The van der Waals surface area contributed by atoms with Crippen LogP contribution in [0.5, 0.6) is 5.75 Å². The summed E-state index contributed by atoms with van der Waals surface area (Å²) in [6.45, 7) is 3.72. The van der Waals surface area contributed by atoms with E-state index in [1.54, 1.807) is 31.4 Å². The van der Waals surface area contributed by atoms with Crippen molar-refractivity contribution in [1.82, 2.24) is 0 Å². The fourth-order valence-corrected chi connectivity index (χ4v) is 2.05. The number of methoxy groups -OCH3 is 1. The maximum absolute atomic E-state index is 13.7. The van der Waals surface area contributed by atoms with Crippen molar-refractivity contribution < 1.29 is 13.9 Å². The Morgan fingerprint density at radius 2 is 1.68 bits per heavy atom. The fraction of sp³-hybridized carbons (Fsp3) is 0.188. The van der Waals surface area contributed by atoms with Gasteiger partial charge in [0.2, 0.25) is 0 Å². The van der Waals surface area contributed by atoms with E-state index in [1.165, 1.54) is 12.1 Å². The Morgan fingerprint density at radius 3 is 2.32 bits per heavy atom. The van der Waals surface area contributed by atoms with Crippen LogP contribution in [0.4, 0.5) is 4.39 Å². The van der Waals surface area contributed by atoms with Crippen LogP contribution in [0.1, 0.15) is 27.0 Å². The molecule has 0 aliphatic rings. The van der Waals surface area contributed by atoms with Gasteiger partial charge in [-0.1, -0.05) is 12.1 Å². The minimum Gasteiger partial charge on any atom is -0.496 e. The number of carbonyl (C=O) groups is 1. The van der Waals surface area contributed by atoms with Crippen LogP contribution in [0.25, 0.3) is 0 Å². The maximum Gasteiger partial charge on any atom is 0.196 e. The summed E-state index contributed by atoms with van der Waals surface area (Å²) in [4.78, 5) is 12.4. The first-order chi connectivity index (χ1) is 9.06. The summed E-state index contributed by atoms with van der Waals surface area (Å²) in [5, 5.41) is 0. The van der Waals surface area contributed by atoms with Gasteiger partial charge in [-0.15, -0.1) is 0 Å². The molecule has 0 aliphatic heterocycles. The van der Waals surface area contributed by atoms with Crippen molar-refractivity contribution in [3.05, 3.63) is 64.5 Å². The first-order valence-electron chi connectivity index (χ1n) is 5.99. The van der Waals surface area contributed by atoms with Crippen molar-refractivity contribution in [2.45, 2.75) is 13.8 Å². The zero-order chi connectivity index (χ0) is 14.0. The average Bonchev–Trinajstić information content (AvgIpc) is 2.41. The van der Waals surface area contributed by atoms with Crippen LogP contribution < -0.4 is 4.74 Å². The molecule has 0 spiro atoms. The lowest BCUT2D eigenvalue weighted by Gasteiger charge is -2.12. The third kappa shape index (κ3) is 2.36. The van der Waals surface area contributed by atoms with Crippen LogP contribution in [-0.2, 0) is 0 Å². The lowest BCUT2D eigenvalue weighted by atomic mass is 9.95. The highest BCUT2D eigenvalue weighted by Crippen LogP contribution is 2.26. The lowest BCUT2D eigenvalue weighted by molar-refractivity contribution is 0.103. The second-order valence-corrected chi connectivity index (χ2v) is 4.37. The third-order valence-corrected chi connectivity index (χ3v) is 3.32. The Bertz CT molecular complexity index is 633. The predicted molar refractivity (Wildman–Crippen MR) is 72.3 cm³/mol. The van der Waals surface area contributed by atoms with Crippen LogP contribution in [0, 0.1) is 19.7 Å². The van der Waals surface area contributed by atoms with E-state index in [0.717, 1.165) is 16.9 Å². The molecule has 0 N–H and O–H groups in total. The molecule has 2 nitrogen and oxygen atoms in total. The first kappa shape index (κ1) is 13.3. The number of benzene rings is 2. The van der Waals surface area contributed by atoms with E-state index in [4.69, 9.17) is 4.74 Å². The Labute approximate surface area is 111 Å². The summed E-state index contributed by atoms with van der Waals surface area (Å²) in [5.41, 5.74) is 2.30. The zero-order valence-electron chi connectivity index (χ0n) is 11.2. The minimum absolute atomic E-state index is 0.0927. The number of ketones is 1. The van der Waals surface area contributed by atoms with E-state index < -0.39 is 5.82 Å². The Balaban J connectivity index is 2.52. The number of halogens is 1. The molecule has 98 valence electrons. The molecule has 3 heteroatoms. The van der Waals surface area contributed by atoms with Gasteiger partial charge in [0, 0.05) is 5.56 Å². The number of rotatable bonds is 3. The van der Waals surface area contributed by atoms with Crippen LogP contribution in [-0.4, -0.2) is 12.9 Å². The van der Waals surface area contributed by atoms with Crippen LogP contribution in [0.15, 0.2) is 36.4 Å². The van der Waals surface area contributed by atoms with Crippen molar-refractivity contribution >= 4 is 5.78 Å². The highest BCUT2D eigenvalue weighted by molar-refractivity contribution is 6.10. The molecule has 0 saturated heterocycles. The standard InChI is InChI=1S/C16H15FO2/c1-10-11(2)15(19-3)9-8-12(10)16(18)13-6-4-5-7-14(13)17/h4-9H,1-3H3. The predicted octanol–water partition coefficient (Wildman–Crippen LogP) is 3.68. The molecule has 2 aromatic rings. The molecular weight excluding hydrogens is 243 g/mol. The van der Waals surface area contributed by atoms with Gasteiger partial charge in [-0.25, -0.2) is 4.39 Å². The molecule has 0 aromatic heterocycles. The number of hydrogen-bond acceptors (Lipinski definition) is 2. The largest absolute Gasteiger partial charge is 0.496 e. The summed E-state index contributed by atoms with van der Waals surface area (Å²) in [6.07, 6.45) is 0. The van der Waals surface area contributed by atoms with E-state index in [-0.39, 0.29) is 11.3 Å². The molecule has 2 rings (SSSR count). The van der Waals surface area contributed by atoms with Crippen LogP contribution in [0.2, 0.25) is 0 Å². The van der Waals surface area contributed by atoms with Crippen molar-refractivity contribution in [2.24, 2.45) is 0 Å². The van der Waals surface area contributed by atoms with E-state index in [9.17, 15) is 9.18 Å². The minimum atomic E-state index is -0.500. The van der Waals surface area contributed by atoms with Gasteiger partial charge in [0.25, 0.3) is 0 Å². The topological polar surface area (TPSA) is 26.3 Å².